The molecule has 2 aromatic carbocycles. The van der Waals surface area contributed by atoms with Crippen molar-refractivity contribution < 1.29 is 22.8 Å². The number of fused-ring (bicyclic) bond motifs is 1. The van der Waals surface area contributed by atoms with E-state index in [1.807, 2.05) is 24.3 Å². The Kier molecular flexibility index (Phi) is 4.87. The van der Waals surface area contributed by atoms with E-state index in [0.29, 0.717) is 16.9 Å². The lowest BCUT2D eigenvalue weighted by molar-refractivity contribution is 0.0996. The molecule has 3 heterocycles. The fraction of sp³-hybridized carbons (Fsp3) is 0.0417. The van der Waals surface area contributed by atoms with Gasteiger partial charge in [-0.3, -0.25) is 4.79 Å². The van der Waals surface area contributed by atoms with E-state index in [1.165, 1.54) is 30.5 Å². The van der Waals surface area contributed by atoms with Crippen molar-refractivity contribution in [2.45, 2.75) is 0 Å². The molecule has 3 aromatic heterocycles. The van der Waals surface area contributed by atoms with Crippen LogP contribution >= 0.6 is 0 Å². The summed E-state index contributed by atoms with van der Waals surface area (Å²) in [6.45, 7) is 0. The number of rotatable bonds is 5. The molecule has 0 saturated carbocycles. The summed E-state index contributed by atoms with van der Waals surface area (Å²) >= 11 is 0. The maximum absolute atomic E-state index is 14.5. The summed E-state index contributed by atoms with van der Waals surface area (Å²) in [6.07, 6.45) is 3.07. The number of furan rings is 1. The lowest BCUT2D eigenvalue weighted by Crippen LogP contribution is -2.10. The van der Waals surface area contributed by atoms with Crippen molar-refractivity contribution in [3.8, 4) is 28.3 Å². The number of anilines is 1. The molecule has 0 unspecified atom stereocenters. The van der Waals surface area contributed by atoms with E-state index in [1.54, 1.807) is 25.4 Å². The largest absolute Gasteiger partial charge is 0.497 e. The number of carbonyl (C=O) groups excluding carboxylic acids is 1. The minimum absolute atomic E-state index is 0.0611. The Morgan fingerprint density at radius 3 is 2.66 bits per heavy atom. The number of hydrogen-bond donors (Lipinski definition) is 1. The number of carbonyl (C=O) groups is 1. The van der Waals surface area contributed by atoms with Gasteiger partial charge < -0.3 is 18.9 Å². The van der Waals surface area contributed by atoms with E-state index in [9.17, 15) is 9.18 Å². The van der Waals surface area contributed by atoms with Crippen LogP contribution in [-0.2, 0) is 0 Å². The summed E-state index contributed by atoms with van der Waals surface area (Å²) in [5.74, 6) is -0.0305. The molecule has 0 atom stereocenters. The van der Waals surface area contributed by atoms with Crippen LogP contribution in [0.4, 0.5) is 10.1 Å². The molecule has 0 saturated heterocycles. The number of nitrogens with one attached hydrogen (secondary N) is 1. The maximum Gasteiger partial charge on any atom is 0.291 e. The molecule has 0 bridgehead atoms. The molecule has 8 heteroatoms. The van der Waals surface area contributed by atoms with Crippen LogP contribution in [0.3, 0.4) is 0 Å². The molecule has 1 N–H and O–H groups in total. The zero-order valence-electron chi connectivity index (χ0n) is 16.8. The number of nitrogens with zero attached hydrogens (tertiary/aromatic N) is 2. The molecular formula is C24H16FN3O4. The fourth-order valence-corrected chi connectivity index (χ4v) is 3.24. The number of methoxy groups -OCH3 is 1. The van der Waals surface area contributed by atoms with E-state index in [-0.39, 0.29) is 17.2 Å². The Balaban J connectivity index is 1.46. The van der Waals surface area contributed by atoms with Crippen LogP contribution in [0, 0.1) is 5.82 Å². The lowest BCUT2D eigenvalue weighted by Gasteiger charge is -2.05. The highest BCUT2D eigenvalue weighted by Gasteiger charge is 2.17. The SMILES string of the molecule is COc1ccc(-c2cnc3nc(-c4cc(NC(=O)c5ccco5)ccc4F)oc3c2)cc1. The zero-order valence-corrected chi connectivity index (χ0v) is 16.8. The molecule has 0 spiro atoms. The number of hydrogen-bond acceptors (Lipinski definition) is 6. The summed E-state index contributed by atoms with van der Waals surface area (Å²) in [5, 5.41) is 2.66. The summed E-state index contributed by atoms with van der Waals surface area (Å²) in [7, 11) is 1.61. The van der Waals surface area contributed by atoms with Crippen LogP contribution in [-0.4, -0.2) is 23.0 Å². The van der Waals surface area contributed by atoms with Crippen LogP contribution in [0.25, 0.3) is 33.8 Å². The topological polar surface area (TPSA) is 90.4 Å². The second kappa shape index (κ2) is 7.99. The second-order valence-corrected chi connectivity index (χ2v) is 6.92. The Morgan fingerprint density at radius 1 is 1.06 bits per heavy atom. The Bertz CT molecular complexity index is 1410. The number of benzene rings is 2. The number of pyridine rings is 1. The first-order valence-corrected chi connectivity index (χ1v) is 9.66. The van der Waals surface area contributed by atoms with E-state index < -0.39 is 11.7 Å². The van der Waals surface area contributed by atoms with Crippen LogP contribution in [0.5, 0.6) is 5.75 Å². The monoisotopic (exact) mass is 429 g/mol. The van der Waals surface area contributed by atoms with E-state index in [0.717, 1.165) is 16.9 Å². The number of oxazole rings is 1. The highest BCUT2D eigenvalue weighted by Crippen LogP contribution is 2.30. The molecular weight excluding hydrogens is 413 g/mol. The Hall–Kier alpha value is -4.46. The van der Waals surface area contributed by atoms with Crippen molar-refractivity contribution in [2.75, 3.05) is 12.4 Å². The van der Waals surface area contributed by atoms with E-state index in [2.05, 4.69) is 15.3 Å². The van der Waals surface area contributed by atoms with Gasteiger partial charge in [-0.2, -0.15) is 4.98 Å². The van der Waals surface area contributed by atoms with Gasteiger partial charge in [-0.25, -0.2) is 9.37 Å². The van der Waals surface area contributed by atoms with Gasteiger partial charge in [0, 0.05) is 17.4 Å². The quantitative estimate of drug-likeness (QED) is 0.394. The van der Waals surface area contributed by atoms with Gasteiger partial charge in [-0.05, 0) is 54.1 Å². The van der Waals surface area contributed by atoms with Crippen LogP contribution in [0.2, 0.25) is 0 Å². The normalized spacial score (nSPS) is 10.9. The fourth-order valence-electron chi connectivity index (χ4n) is 3.24. The molecule has 0 aliphatic heterocycles. The Labute approximate surface area is 181 Å². The summed E-state index contributed by atoms with van der Waals surface area (Å²) in [5.41, 5.74) is 2.98. The number of amides is 1. The zero-order chi connectivity index (χ0) is 22.1. The predicted octanol–water partition coefficient (Wildman–Crippen LogP) is 5.55. The number of halogens is 1. The van der Waals surface area contributed by atoms with Gasteiger partial charge in [0.05, 0.1) is 18.9 Å². The average molecular weight is 429 g/mol. The first-order chi connectivity index (χ1) is 15.6. The van der Waals surface area contributed by atoms with Crippen molar-refractivity contribution in [2.24, 2.45) is 0 Å². The molecule has 32 heavy (non-hydrogen) atoms. The maximum atomic E-state index is 14.5. The van der Waals surface area contributed by atoms with Crippen molar-refractivity contribution in [3.05, 3.63) is 84.7 Å². The second-order valence-electron chi connectivity index (χ2n) is 6.92. The molecule has 1 amide bonds. The molecule has 5 rings (SSSR count). The highest BCUT2D eigenvalue weighted by molar-refractivity contribution is 6.02. The van der Waals surface area contributed by atoms with Crippen molar-refractivity contribution in [1.29, 1.82) is 0 Å². The van der Waals surface area contributed by atoms with E-state index >= 15 is 0 Å². The van der Waals surface area contributed by atoms with Crippen molar-refractivity contribution in [1.82, 2.24) is 9.97 Å². The first kappa shape index (κ1) is 19.5. The third-order valence-electron chi connectivity index (χ3n) is 4.87. The highest BCUT2D eigenvalue weighted by atomic mass is 19.1. The summed E-state index contributed by atoms with van der Waals surface area (Å²) in [6, 6.07) is 16.6. The smallest absolute Gasteiger partial charge is 0.291 e. The molecule has 158 valence electrons. The predicted molar refractivity (Wildman–Crippen MR) is 116 cm³/mol. The molecule has 7 nitrogen and oxygen atoms in total. The average Bonchev–Trinajstić information content (AvgIpc) is 3.50. The minimum atomic E-state index is -0.539. The van der Waals surface area contributed by atoms with Gasteiger partial charge >= 0.3 is 0 Å². The molecule has 0 aliphatic rings. The van der Waals surface area contributed by atoms with Crippen LogP contribution in [0.1, 0.15) is 10.6 Å². The van der Waals surface area contributed by atoms with Gasteiger partial charge in [0.1, 0.15) is 11.6 Å². The first-order valence-electron chi connectivity index (χ1n) is 9.66. The van der Waals surface area contributed by atoms with Crippen LogP contribution < -0.4 is 10.1 Å². The molecule has 5 aromatic rings. The van der Waals surface area contributed by atoms with Gasteiger partial charge in [-0.15, -0.1) is 0 Å². The van der Waals surface area contributed by atoms with Crippen molar-refractivity contribution in [3.63, 3.8) is 0 Å². The summed E-state index contributed by atoms with van der Waals surface area (Å²) in [4.78, 5) is 20.9. The minimum Gasteiger partial charge on any atom is -0.497 e. The van der Waals surface area contributed by atoms with Crippen LogP contribution in [0.15, 0.2) is 82.0 Å². The third-order valence-corrected chi connectivity index (χ3v) is 4.87. The number of aromatic nitrogens is 2. The van der Waals surface area contributed by atoms with Gasteiger partial charge in [0.2, 0.25) is 5.89 Å². The van der Waals surface area contributed by atoms with Crippen molar-refractivity contribution >= 4 is 22.8 Å². The molecule has 0 fully saturated rings. The van der Waals surface area contributed by atoms with Gasteiger partial charge in [0.25, 0.3) is 5.91 Å². The number of ether oxygens (including phenoxy) is 1. The summed E-state index contributed by atoms with van der Waals surface area (Å²) < 4.78 is 30.6. The molecule has 0 radical (unpaired) electrons. The third kappa shape index (κ3) is 3.69. The standard InChI is InChI=1S/C24H16FN3O4/c1-30-17-7-4-14(5-8-17)15-11-21-22(26-13-15)28-24(32-21)18-12-16(6-9-19(18)25)27-23(29)20-3-2-10-31-20/h2-13H,1H3,(H,27,29). The Morgan fingerprint density at radius 2 is 1.91 bits per heavy atom. The van der Waals surface area contributed by atoms with Gasteiger partial charge in [-0.1, -0.05) is 12.1 Å². The van der Waals surface area contributed by atoms with E-state index in [4.69, 9.17) is 13.6 Å². The molecule has 0 aliphatic carbocycles. The lowest BCUT2D eigenvalue weighted by atomic mass is 10.1. The van der Waals surface area contributed by atoms with Gasteiger partial charge in [0.15, 0.2) is 17.0 Å².